The molecule has 0 aromatic heterocycles. The standard InChI is InChI=1S/C13H25NS/c1-11(12-6-3-4-7-12)14-10-13(2)8-5-9-15-13/h11-12,14H,3-10H2,1-2H3. The Balaban J connectivity index is 1.72. The first-order valence-electron chi connectivity index (χ1n) is 6.57. The molecule has 2 atom stereocenters. The van der Waals surface area contributed by atoms with Crippen LogP contribution in [0.15, 0.2) is 0 Å². The maximum absolute atomic E-state index is 3.79. The molecule has 1 aliphatic carbocycles. The maximum atomic E-state index is 3.79. The summed E-state index contributed by atoms with van der Waals surface area (Å²) in [5.74, 6) is 2.33. The zero-order valence-electron chi connectivity index (χ0n) is 10.2. The molecule has 2 heteroatoms. The van der Waals surface area contributed by atoms with Crippen molar-refractivity contribution in [1.82, 2.24) is 5.32 Å². The Morgan fingerprint density at radius 2 is 2.07 bits per heavy atom. The highest BCUT2D eigenvalue weighted by Gasteiger charge is 2.30. The molecule has 0 amide bonds. The van der Waals surface area contributed by atoms with Crippen molar-refractivity contribution in [2.75, 3.05) is 12.3 Å². The molecule has 0 bridgehead atoms. The van der Waals surface area contributed by atoms with Crippen molar-refractivity contribution in [3.8, 4) is 0 Å². The van der Waals surface area contributed by atoms with Gasteiger partial charge in [0, 0.05) is 17.3 Å². The van der Waals surface area contributed by atoms with Crippen molar-refractivity contribution >= 4 is 11.8 Å². The Morgan fingerprint density at radius 1 is 1.33 bits per heavy atom. The molecule has 1 aliphatic heterocycles. The minimum atomic E-state index is 0.535. The molecule has 2 fully saturated rings. The summed E-state index contributed by atoms with van der Waals surface area (Å²) in [4.78, 5) is 0. The van der Waals surface area contributed by atoms with Crippen LogP contribution in [-0.4, -0.2) is 23.1 Å². The van der Waals surface area contributed by atoms with Gasteiger partial charge in [0.15, 0.2) is 0 Å². The van der Waals surface area contributed by atoms with E-state index in [2.05, 4.69) is 30.9 Å². The molecule has 1 nitrogen and oxygen atoms in total. The van der Waals surface area contributed by atoms with E-state index >= 15 is 0 Å². The Kier molecular flexibility index (Phi) is 4.00. The van der Waals surface area contributed by atoms with Gasteiger partial charge in [-0.2, -0.15) is 11.8 Å². The molecule has 1 saturated heterocycles. The lowest BCUT2D eigenvalue weighted by Crippen LogP contribution is -2.41. The molecule has 2 aliphatic rings. The van der Waals surface area contributed by atoms with Crippen LogP contribution >= 0.6 is 11.8 Å². The predicted octanol–water partition coefficient (Wildman–Crippen LogP) is 3.44. The molecule has 0 aromatic carbocycles. The van der Waals surface area contributed by atoms with Crippen LogP contribution < -0.4 is 5.32 Å². The Hall–Kier alpha value is 0.310. The average molecular weight is 227 g/mol. The summed E-state index contributed by atoms with van der Waals surface area (Å²) in [5.41, 5.74) is 0. The summed E-state index contributed by atoms with van der Waals surface area (Å²) in [6, 6.07) is 0.741. The summed E-state index contributed by atoms with van der Waals surface area (Å²) in [6.45, 7) is 6.04. The SMILES string of the molecule is CC(NCC1(C)CCCS1)C1CCCC1. The van der Waals surface area contributed by atoms with Crippen LogP contribution in [0.1, 0.15) is 52.4 Å². The van der Waals surface area contributed by atoms with E-state index in [9.17, 15) is 0 Å². The number of nitrogens with one attached hydrogen (secondary N) is 1. The highest BCUT2D eigenvalue weighted by atomic mass is 32.2. The minimum Gasteiger partial charge on any atom is -0.313 e. The topological polar surface area (TPSA) is 12.0 Å². The second kappa shape index (κ2) is 5.09. The third-order valence-electron chi connectivity index (χ3n) is 4.21. The van der Waals surface area contributed by atoms with Gasteiger partial charge in [-0.1, -0.05) is 12.8 Å². The van der Waals surface area contributed by atoms with E-state index in [1.807, 2.05) is 0 Å². The predicted molar refractivity (Wildman–Crippen MR) is 69.5 cm³/mol. The van der Waals surface area contributed by atoms with Gasteiger partial charge in [-0.05, 0) is 51.2 Å². The second-order valence-electron chi connectivity index (χ2n) is 5.62. The first kappa shape index (κ1) is 11.8. The third-order valence-corrected chi connectivity index (χ3v) is 5.74. The van der Waals surface area contributed by atoms with Gasteiger partial charge < -0.3 is 5.32 Å². The van der Waals surface area contributed by atoms with Gasteiger partial charge in [-0.15, -0.1) is 0 Å². The smallest absolute Gasteiger partial charge is 0.0256 e. The summed E-state index contributed by atoms with van der Waals surface area (Å²) < 4.78 is 0.535. The molecule has 0 spiro atoms. The molecule has 0 radical (unpaired) electrons. The number of thioether (sulfide) groups is 1. The van der Waals surface area contributed by atoms with E-state index in [-0.39, 0.29) is 0 Å². The van der Waals surface area contributed by atoms with Crippen molar-refractivity contribution in [2.24, 2.45) is 5.92 Å². The van der Waals surface area contributed by atoms with Crippen molar-refractivity contribution in [3.63, 3.8) is 0 Å². The van der Waals surface area contributed by atoms with Gasteiger partial charge >= 0.3 is 0 Å². The normalized spacial score (nSPS) is 34.8. The highest BCUT2D eigenvalue weighted by molar-refractivity contribution is 8.00. The molecule has 2 rings (SSSR count). The summed E-state index contributed by atoms with van der Waals surface area (Å²) in [6.07, 6.45) is 8.66. The summed E-state index contributed by atoms with van der Waals surface area (Å²) in [7, 11) is 0. The van der Waals surface area contributed by atoms with E-state index in [0.29, 0.717) is 4.75 Å². The van der Waals surface area contributed by atoms with Crippen LogP contribution in [0.5, 0.6) is 0 Å². The lowest BCUT2D eigenvalue weighted by Gasteiger charge is -2.28. The zero-order valence-corrected chi connectivity index (χ0v) is 11.0. The number of hydrogen-bond acceptors (Lipinski definition) is 2. The molecule has 2 unspecified atom stereocenters. The molecular weight excluding hydrogens is 202 g/mol. The third kappa shape index (κ3) is 3.13. The first-order valence-corrected chi connectivity index (χ1v) is 7.55. The summed E-state index contributed by atoms with van der Waals surface area (Å²) >= 11 is 2.17. The second-order valence-corrected chi connectivity index (χ2v) is 7.30. The van der Waals surface area contributed by atoms with Gasteiger partial charge in [0.1, 0.15) is 0 Å². The van der Waals surface area contributed by atoms with Crippen LogP contribution in [-0.2, 0) is 0 Å². The lowest BCUT2D eigenvalue weighted by atomic mass is 9.98. The monoisotopic (exact) mass is 227 g/mol. The zero-order chi connectivity index (χ0) is 10.7. The van der Waals surface area contributed by atoms with E-state index in [1.54, 1.807) is 0 Å². The van der Waals surface area contributed by atoms with Gasteiger partial charge in [-0.3, -0.25) is 0 Å². The van der Waals surface area contributed by atoms with E-state index in [0.717, 1.165) is 12.0 Å². The van der Waals surface area contributed by atoms with Gasteiger partial charge in [-0.25, -0.2) is 0 Å². The molecule has 0 aromatic rings. The number of rotatable bonds is 4. The van der Waals surface area contributed by atoms with Crippen molar-refractivity contribution in [1.29, 1.82) is 0 Å². The minimum absolute atomic E-state index is 0.535. The fraction of sp³-hybridized carbons (Fsp3) is 1.00. The molecule has 88 valence electrons. The fourth-order valence-electron chi connectivity index (χ4n) is 2.98. The van der Waals surface area contributed by atoms with E-state index < -0.39 is 0 Å². The largest absolute Gasteiger partial charge is 0.313 e. The van der Waals surface area contributed by atoms with Crippen LogP contribution in [0.4, 0.5) is 0 Å². The molecule has 1 N–H and O–H groups in total. The summed E-state index contributed by atoms with van der Waals surface area (Å²) in [5, 5.41) is 3.79. The van der Waals surface area contributed by atoms with E-state index in [4.69, 9.17) is 0 Å². The fourth-order valence-corrected chi connectivity index (χ4v) is 4.23. The van der Waals surface area contributed by atoms with Crippen molar-refractivity contribution in [2.45, 2.75) is 63.2 Å². The Labute approximate surface area is 98.8 Å². The van der Waals surface area contributed by atoms with Gasteiger partial charge in [0.2, 0.25) is 0 Å². The van der Waals surface area contributed by atoms with Crippen LogP contribution in [0.25, 0.3) is 0 Å². The van der Waals surface area contributed by atoms with Gasteiger partial charge in [0.25, 0.3) is 0 Å². The van der Waals surface area contributed by atoms with Crippen molar-refractivity contribution < 1.29 is 0 Å². The maximum Gasteiger partial charge on any atom is 0.0256 e. The van der Waals surface area contributed by atoms with Crippen LogP contribution in [0, 0.1) is 5.92 Å². The average Bonchev–Trinajstić information content (AvgIpc) is 2.85. The lowest BCUT2D eigenvalue weighted by molar-refractivity contribution is 0.365. The van der Waals surface area contributed by atoms with Gasteiger partial charge in [0.05, 0.1) is 0 Å². The molecule has 1 saturated carbocycles. The highest BCUT2D eigenvalue weighted by Crippen LogP contribution is 2.37. The number of hydrogen-bond donors (Lipinski definition) is 1. The molecule has 15 heavy (non-hydrogen) atoms. The van der Waals surface area contributed by atoms with Crippen molar-refractivity contribution in [3.05, 3.63) is 0 Å². The first-order chi connectivity index (χ1) is 7.20. The van der Waals surface area contributed by atoms with Crippen LogP contribution in [0.2, 0.25) is 0 Å². The quantitative estimate of drug-likeness (QED) is 0.789. The molecular formula is C13H25NS. The Bertz CT molecular complexity index is 193. The molecule has 1 heterocycles. The van der Waals surface area contributed by atoms with E-state index in [1.165, 1.54) is 50.8 Å². The van der Waals surface area contributed by atoms with Crippen LogP contribution in [0.3, 0.4) is 0 Å². The Morgan fingerprint density at radius 3 is 2.67 bits per heavy atom.